The number of fused-ring (bicyclic) bond motifs is 8. The first kappa shape index (κ1) is 30.6. The van der Waals surface area contributed by atoms with Crippen molar-refractivity contribution in [3.63, 3.8) is 0 Å². The third-order valence-electron chi connectivity index (χ3n) is 11.1. The maximum absolute atomic E-state index is 9.17. The maximum atomic E-state index is 9.17. The van der Waals surface area contributed by atoms with E-state index in [-0.39, 0.29) is 5.41 Å². The quantitative estimate of drug-likeness (QED) is 0.170. The van der Waals surface area contributed by atoms with Gasteiger partial charge in [0.25, 0.3) is 0 Å². The van der Waals surface area contributed by atoms with E-state index in [1.165, 1.54) is 76.8 Å². The van der Waals surface area contributed by atoms with E-state index in [2.05, 4.69) is 148 Å². The van der Waals surface area contributed by atoms with E-state index in [9.17, 15) is 0 Å². The van der Waals surface area contributed by atoms with Crippen LogP contribution >= 0.6 is 0 Å². The van der Waals surface area contributed by atoms with Crippen LogP contribution < -0.4 is 0 Å². The molecule has 0 N–H and O–H groups in total. The summed E-state index contributed by atoms with van der Waals surface area (Å²) in [6.07, 6.45) is 3.96. The average Bonchev–Trinajstić information content (AvgIpc) is 3.41. The summed E-state index contributed by atoms with van der Waals surface area (Å²) in [6.45, 7) is 13.2. The third kappa shape index (κ3) is 4.61. The Hall–Kier alpha value is -6.49. The van der Waals surface area contributed by atoms with Gasteiger partial charge in [-0.25, -0.2) is 0 Å². The molecule has 1 aliphatic carbocycles. The highest BCUT2D eigenvalue weighted by Gasteiger charge is 2.36. The Labute approximate surface area is 299 Å². The lowest BCUT2D eigenvalue weighted by atomic mass is 9.80. The summed E-state index contributed by atoms with van der Waals surface area (Å²) in [5.41, 5.74) is 15.1. The molecule has 0 fully saturated rings. The molecule has 240 valence electrons. The van der Waals surface area contributed by atoms with Gasteiger partial charge >= 0.3 is 0 Å². The van der Waals surface area contributed by atoms with E-state index in [4.69, 9.17) is 5.26 Å². The van der Waals surface area contributed by atoms with Crippen molar-refractivity contribution in [2.45, 2.75) is 19.3 Å². The number of rotatable bonds is 5. The van der Waals surface area contributed by atoms with Crippen LogP contribution in [0.5, 0.6) is 0 Å². The number of hydrogen-bond acceptors (Lipinski definition) is 1. The van der Waals surface area contributed by atoms with Crippen molar-refractivity contribution < 1.29 is 0 Å². The van der Waals surface area contributed by atoms with Gasteiger partial charge in [-0.1, -0.05) is 148 Å². The summed E-state index contributed by atoms with van der Waals surface area (Å²) < 4.78 is 0. The molecule has 0 saturated carbocycles. The minimum atomic E-state index is -0.176. The van der Waals surface area contributed by atoms with Gasteiger partial charge in [-0.3, -0.25) is 0 Å². The van der Waals surface area contributed by atoms with Crippen LogP contribution in [-0.2, 0) is 5.41 Å². The van der Waals surface area contributed by atoms with E-state index in [0.717, 1.165) is 22.3 Å². The van der Waals surface area contributed by atoms with Crippen molar-refractivity contribution in [3.05, 3.63) is 181 Å². The molecule has 0 aliphatic heterocycles. The monoisotopic (exact) mass is 649 g/mol. The lowest BCUT2D eigenvalue weighted by Crippen LogP contribution is -2.15. The molecule has 0 bridgehead atoms. The van der Waals surface area contributed by atoms with Crippen LogP contribution in [0, 0.1) is 11.3 Å². The minimum Gasteiger partial charge on any atom is -0.192 e. The lowest BCUT2D eigenvalue weighted by Gasteiger charge is -2.23. The summed E-state index contributed by atoms with van der Waals surface area (Å²) in [7, 11) is 0. The van der Waals surface area contributed by atoms with Crippen molar-refractivity contribution in [1.82, 2.24) is 0 Å². The van der Waals surface area contributed by atoms with Gasteiger partial charge < -0.3 is 0 Å². The zero-order valence-corrected chi connectivity index (χ0v) is 28.8. The molecule has 0 saturated heterocycles. The molecule has 0 aromatic heterocycles. The highest BCUT2D eigenvalue weighted by Crippen LogP contribution is 2.51. The lowest BCUT2D eigenvalue weighted by molar-refractivity contribution is 0.661. The first-order chi connectivity index (χ1) is 24.9. The second-order valence-electron chi connectivity index (χ2n) is 14.1. The van der Waals surface area contributed by atoms with Gasteiger partial charge in [0.2, 0.25) is 0 Å². The van der Waals surface area contributed by atoms with Crippen LogP contribution in [0.25, 0.3) is 89.0 Å². The Morgan fingerprint density at radius 1 is 0.471 bits per heavy atom. The van der Waals surface area contributed by atoms with Crippen molar-refractivity contribution in [2.24, 2.45) is 0 Å². The molecule has 1 nitrogen and oxygen atoms in total. The zero-order valence-electron chi connectivity index (χ0n) is 28.8. The Kier molecular flexibility index (Phi) is 6.92. The fourth-order valence-electron chi connectivity index (χ4n) is 8.46. The predicted molar refractivity (Wildman–Crippen MR) is 218 cm³/mol. The summed E-state index contributed by atoms with van der Waals surface area (Å²) in [5, 5.41) is 16.6. The average molecular weight is 650 g/mol. The summed E-state index contributed by atoms with van der Waals surface area (Å²) in [5.74, 6) is 0. The van der Waals surface area contributed by atoms with E-state index in [0.29, 0.717) is 5.56 Å². The Morgan fingerprint density at radius 3 is 1.51 bits per heavy atom. The van der Waals surface area contributed by atoms with Crippen molar-refractivity contribution in [2.75, 3.05) is 0 Å². The second-order valence-corrected chi connectivity index (χ2v) is 14.1. The first-order valence-corrected chi connectivity index (χ1v) is 17.5. The first-order valence-electron chi connectivity index (χ1n) is 17.5. The van der Waals surface area contributed by atoms with Gasteiger partial charge in [-0.2, -0.15) is 5.26 Å². The zero-order chi connectivity index (χ0) is 34.9. The fourth-order valence-corrected chi connectivity index (χ4v) is 8.46. The second kappa shape index (κ2) is 11.5. The molecular weight excluding hydrogens is 615 g/mol. The normalized spacial score (nSPS) is 12.8. The number of benzene rings is 8. The number of nitrogens with zero attached hydrogens (tertiary/aromatic N) is 1. The van der Waals surface area contributed by atoms with E-state index >= 15 is 0 Å². The van der Waals surface area contributed by atoms with Crippen LogP contribution in [0.2, 0.25) is 0 Å². The molecule has 0 heterocycles. The summed E-state index contributed by atoms with van der Waals surface area (Å²) in [6, 6.07) is 52.6. The molecule has 9 rings (SSSR count). The molecule has 1 aliphatic rings. The van der Waals surface area contributed by atoms with E-state index in [1.54, 1.807) is 0 Å². The van der Waals surface area contributed by atoms with Gasteiger partial charge in [-0.15, -0.1) is 0 Å². The third-order valence-corrected chi connectivity index (χ3v) is 11.1. The topological polar surface area (TPSA) is 23.8 Å². The number of nitriles is 1. The molecule has 0 spiro atoms. The van der Waals surface area contributed by atoms with E-state index < -0.39 is 0 Å². The Morgan fingerprint density at radius 2 is 0.922 bits per heavy atom. The van der Waals surface area contributed by atoms with Crippen LogP contribution in [0.3, 0.4) is 0 Å². The standard InChI is InChI=1S/C50H35N/c1-5-37-38(6-2)46-29-45(40-12-8-10-14-44(40)49(46)43-13-9-7-11-39(37)43)36-24-26-42-41-25-23-35(27-47(41)50(3,4)48(42)28-36)34-21-19-33(20-22-34)32-17-15-31(30-51)16-18-32/h5-29H,1-2H2,3-4H3. The summed E-state index contributed by atoms with van der Waals surface area (Å²) in [4.78, 5) is 0. The Balaban J connectivity index is 1.16. The molecule has 51 heavy (non-hydrogen) atoms. The maximum Gasteiger partial charge on any atom is 0.0991 e. The van der Waals surface area contributed by atoms with Crippen molar-refractivity contribution in [3.8, 4) is 50.6 Å². The van der Waals surface area contributed by atoms with Gasteiger partial charge in [0.15, 0.2) is 0 Å². The van der Waals surface area contributed by atoms with Gasteiger partial charge in [-0.05, 0) is 129 Å². The van der Waals surface area contributed by atoms with Crippen LogP contribution in [0.1, 0.15) is 41.7 Å². The molecule has 0 atom stereocenters. The molecular formula is C50H35N. The van der Waals surface area contributed by atoms with Crippen LogP contribution in [0.15, 0.2) is 153 Å². The minimum absolute atomic E-state index is 0.176. The van der Waals surface area contributed by atoms with Crippen LogP contribution in [-0.4, -0.2) is 0 Å². The van der Waals surface area contributed by atoms with Crippen LogP contribution in [0.4, 0.5) is 0 Å². The number of hydrogen-bond donors (Lipinski definition) is 0. The summed E-state index contributed by atoms with van der Waals surface area (Å²) >= 11 is 0. The van der Waals surface area contributed by atoms with Gasteiger partial charge in [0, 0.05) is 5.41 Å². The molecule has 0 radical (unpaired) electrons. The fraction of sp³-hybridized carbons (Fsp3) is 0.0600. The highest BCUT2D eigenvalue weighted by molar-refractivity contribution is 6.26. The van der Waals surface area contributed by atoms with E-state index in [1.807, 2.05) is 36.4 Å². The molecule has 8 aromatic rings. The van der Waals surface area contributed by atoms with Gasteiger partial charge in [0.1, 0.15) is 0 Å². The largest absolute Gasteiger partial charge is 0.192 e. The highest BCUT2D eigenvalue weighted by atomic mass is 14.4. The molecule has 1 heteroatoms. The molecule has 0 unspecified atom stereocenters. The van der Waals surface area contributed by atoms with Crippen molar-refractivity contribution >= 4 is 44.5 Å². The Bertz CT molecular complexity index is 2790. The molecule has 0 amide bonds. The van der Waals surface area contributed by atoms with Crippen molar-refractivity contribution in [1.29, 1.82) is 5.26 Å². The van der Waals surface area contributed by atoms with Gasteiger partial charge in [0.05, 0.1) is 11.6 Å². The SMILES string of the molecule is C=Cc1c(C=C)c2cc(-c3ccc4c(c3)C(C)(C)c3cc(-c5ccc(-c6ccc(C#N)cc6)cc5)ccc3-4)c3ccccc3c2c2ccccc12. The molecule has 8 aromatic carbocycles. The smallest absolute Gasteiger partial charge is 0.0991 e. The predicted octanol–water partition coefficient (Wildman–Crippen LogP) is 13.6.